The van der Waals surface area contributed by atoms with Crippen molar-refractivity contribution in [1.29, 1.82) is 0 Å². The van der Waals surface area contributed by atoms with Crippen molar-refractivity contribution >= 4 is 22.9 Å². The number of nitrogens with one attached hydrogen (secondary N) is 1. The quantitative estimate of drug-likeness (QED) is 0.809. The first-order chi connectivity index (χ1) is 9.44. The average Bonchev–Trinajstić information content (AvgIpc) is 2.86. The first-order valence-corrected chi connectivity index (χ1v) is 8.28. The van der Waals surface area contributed by atoms with E-state index < -0.39 is 0 Å². The second-order valence-electron chi connectivity index (χ2n) is 6.22. The van der Waals surface area contributed by atoms with Crippen LogP contribution in [0.5, 0.6) is 0 Å². The second-order valence-corrected chi connectivity index (χ2v) is 7.44. The summed E-state index contributed by atoms with van der Waals surface area (Å²) < 4.78 is 0. The van der Waals surface area contributed by atoms with Crippen LogP contribution in [0.1, 0.15) is 37.8 Å². The number of hydrogen-bond acceptors (Lipinski definition) is 2. The summed E-state index contributed by atoms with van der Waals surface area (Å²) in [5.41, 5.74) is 2.84. The summed E-state index contributed by atoms with van der Waals surface area (Å²) in [5.74, 6) is 0.447. The van der Waals surface area contributed by atoms with E-state index in [1.165, 1.54) is 11.1 Å². The van der Waals surface area contributed by atoms with Crippen LogP contribution in [-0.4, -0.2) is 12.1 Å². The number of halogens is 1. The van der Waals surface area contributed by atoms with Crippen molar-refractivity contribution < 1.29 is 0 Å². The van der Waals surface area contributed by atoms with Crippen molar-refractivity contribution in [2.24, 2.45) is 0 Å². The molecule has 0 radical (unpaired) electrons. The smallest absolute Gasteiger partial charge is 0.0408 e. The lowest BCUT2D eigenvalue weighted by atomic mass is 9.92. The van der Waals surface area contributed by atoms with Crippen LogP contribution in [0, 0.1) is 0 Å². The van der Waals surface area contributed by atoms with Gasteiger partial charge in [0.2, 0.25) is 0 Å². The van der Waals surface area contributed by atoms with Gasteiger partial charge in [0.1, 0.15) is 0 Å². The van der Waals surface area contributed by atoms with E-state index in [0.29, 0.717) is 5.92 Å². The molecule has 0 fully saturated rings. The van der Waals surface area contributed by atoms with Gasteiger partial charge in [-0.2, -0.15) is 11.3 Å². The molecular weight excluding hydrogens is 286 g/mol. The molecule has 1 unspecified atom stereocenters. The van der Waals surface area contributed by atoms with Gasteiger partial charge in [-0.1, -0.05) is 23.7 Å². The molecule has 1 nitrogen and oxygen atoms in total. The third kappa shape index (κ3) is 4.93. The van der Waals surface area contributed by atoms with Crippen molar-refractivity contribution in [3.8, 4) is 0 Å². The molecule has 1 N–H and O–H groups in total. The van der Waals surface area contributed by atoms with E-state index in [1.807, 2.05) is 12.1 Å². The van der Waals surface area contributed by atoms with E-state index in [4.69, 9.17) is 11.6 Å². The molecule has 2 aromatic rings. The topological polar surface area (TPSA) is 12.0 Å². The van der Waals surface area contributed by atoms with Gasteiger partial charge in [-0.25, -0.2) is 0 Å². The molecule has 0 saturated heterocycles. The SMILES string of the molecule is CC(C)(C)NCC(Cc1ccsc1)c1cccc(Cl)c1. The van der Waals surface area contributed by atoms with Crippen molar-refractivity contribution in [1.82, 2.24) is 5.32 Å². The molecule has 20 heavy (non-hydrogen) atoms. The van der Waals surface area contributed by atoms with Gasteiger partial charge in [-0.05, 0) is 67.3 Å². The van der Waals surface area contributed by atoms with E-state index in [2.05, 4.69) is 55.0 Å². The zero-order valence-electron chi connectivity index (χ0n) is 12.3. The highest BCUT2D eigenvalue weighted by molar-refractivity contribution is 7.07. The van der Waals surface area contributed by atoms with Gasteiger partial charge >= 0.3 is 0 Å². The number of benzene rings is 1. The van der Waals surface area contributed by atoms with E-state index in [9.17, 15) is 0 Å². The zero-order chi connectivity index (χ0) is 14.6. The molecule has 1 aromatic heterocycles. The summed E-state index contributed by atoms with van der Waals surface area (Å²) in [5, 5.41) is 8.80. The Morgan fingerprint density at radius 1 is 1.25 bits per heavy atom. The summed E-state index contributed by atoms with van der Waals surface area (Å²) in [6.07, 6.45) is 1.05. The molecule has 108 valence electrons. The van der Waals surface area contributed by atoms with E-state index in [0.717, 1.165) is 18.0 Å². The van der Waals surface area contributed by atoms with Gasteiger partial charge < -0.3 is 5.32 Å². The normalized spacial score (nSPS) is 13.4. The molecular formula is C17H22ClNS. The van der Waals surface area contributed by atoms with Gasteiger partial charge in [0.25, 0.3) is 0 Å². The van der Waals surface area contributed by atoms with Gasteiger partial charge in [0, 0.05) is 23.0 Å². The first kappa shape index (κ1) is 15.6. The number of hydrogen-bond donors (Lipinski definition) is 1. The lowest BCUT2D eigenvalue weighted by Crippen LogP contribution is -2.39. The highest BCUT2D eigenvalue weighted by Crippen LogP contribution is 2.24. The fourth-order valence-electron chi connectivity index (χ4n) is 2.19. The maximum atomic E-state index is 6.14. The number of rotatable bonds is 5. The molecule has 3 heteroatoms. The molecule has 2 rings (SSSR count). The van der Waals surface area contributed by atoms with Crippen LogP contribution in [0.3, 0.4) is 0 Å². The highest BCUT2D eigenvalue weighted by Gasteiger charge is 2.17. The van der Waals surface area contributed by atoms with Crippen molar-refractivity contribution in [3.63, 3.8) is 0 Å². The average molecular weight is 308 g/mol. The summed E-state index contributed by atoms with van der Waals surface area (Å²) >= 11 is 7.90. The molecule has 0 aliphatic rings. The van der Waals surface area contributed by atoms with Crippen LogP contribution in [0.25, 0.3) is 0 Å². The van der Waals surface area contributed by atoms with Crippen LogP contribution in [0.2, 0.25) is 5.02 Å². The summed E-state index contributed by atoms with van der Waals surface area (Å²) in [7, 11) is 0. The largest absolute Gasteiger partial charge is 0.311 e. The monoisotopic (exact) mass is 307 g/mol. The molecule has 0 spiro atoms. The van der Waals surface area contributed by atoms with E-state index >= 15 is 0 Å². The molecule has 1 heterocycles. The van der Waals surface area contributed by atoms with Gasteiger partial charge in [-0.15, -0.1) is 0 Å². The van der Waals surface area contributed by atoms with E-state index in [1.54, 1.807) is 11.3 Å². The van der Waals surface area contributed by atoms with Crippen LogP contribution in [-0.2, 0) is 6.42 Å². The molecule has 0 aliphatic heterocycles. The third-order valence-corrected chi connectivity index (χ3v) is 4.23. The molecule has 1 aromatic carbocycles. The molecule has 0 saturated carbocycles. The third-order valence-electron chi connectivity index (χ3n) is 3.26. The van der Waals surface area contributed by atoms with Gasteiger partial charge in [0.05, 0.1) is 0 Å². The van der Waals surface area contributed by atoms with Crippen molar-refractivity contribution in [2.75, 3.05) is 6.54 Å². The summed E-state index contributed by atoms with van der Waals surface area (Å²) in [6, 6.07) is 10.4. The van der Waals surface area contributed by atoms with Crippen LogP contribution in [0.15, 0.2) is 41.1 Å². The zero-order valence-corrected chi connectivity index (χ0v) is 13.9. The highest BCUT2D eigenvalue weighted by atomic mass is 35.5. The van der Waals surface area contributed by atoms with Crippen LogP contribution in [0.4, 0.5) is 0 Å². The molecule has 0 aliphatic carbocycles. The Bertz CT molecular complexity index is 528. The van der Waals surface area contributed by atoms with Crippen molar-refractivity contribution in [2.45, 2.75) is 38.6 Å². The lowest BCUT2D eigenvalue weighted by Gasteiger charge is -2.25. The fraction of sp³-hybridized carbons (Fsp3) is 0.412. The lowest BCUT2D eigenvalue weighted by molar-refractivity contribution is 0.405. The first-order valence-electron chi connectivity index (χ1n) is 6.95. The Morgan fingerprint density at radius 2 is 2.05 bits per heavy atom. The Hall–Kier alpha value is -0.830. The van der Waals surface area contributed by atoms with Crippen LogP contribution >= 0.6 is 22.9 Å². The Morgan fingerprint density at radius 3 is 2.65 bits per heavy atom. The minimum atomic E-state index is 0.130. The van der Waals surface area contributed by atoms with Crippen LogP contribution < -0.4 is 5.32 Å². The van der Waals surface area contributed by atoms with Gasteiger partial charge in [-0.3, -0.25) is 0 Å². The second kappa shape index (κ2) is 6.75. The molecule has 1 atom stereocenters. The number of thiophene rings is 1. The molecule has 0 amide bonds. The standard InChI is InChI=1S/C17H22ClNS/c1-17(2,3)19-11-15(9-13-7-8-20-12-13)14-5-4-6-16(18)10-14/h4-8,10,12,15,19H,9,11H2,1-3H3. The summed E-state index contributed by atoms with van der Waals surface area (Å²) in [4.78, 5) is 0. The Labute approximate surface area is 131 Å². The minimum absolute atomic E-state index is 0.130. The fourth-order valence-corrected chi connectivity index (χ4v) is 3.07. The Balaban J connectivity index is 2.15. The molecule has 0 bridgehead atoms. The predicted molar refractivity (Wildman–Crippen MR) is 90.0 cm³/mol. The van der Waals surface area contributed by atoms with E-state index in [-0.39, 0.29) is 5.54 Å². The van der Waals surface area contributed by atoms with Crippen molar-refractivity contribution in [3.05, 3.63) is 57.2 Å². The maximum absolute atomic E-state index is 6.14. The summed E-state index contributed by atoms with van der Waals surface area (Å²) in [6.45, 7) is 7.56. The predicted octanol–water partition coefficient (Wildman–Crippen LogP) is 5.12. The Kier molecular flexibility index (Phi) is 5.25. The minimum Gasteiger partial charge on any atom is -0.311 e. The van der Waals surface area contributed by atoms with Gasteiger partial charge in [0.15, 0.2) is 0 Å². The maximum Gasteiger partial charge on any atom is 0.0408 e.